The highest BCUT2D eigenvalue weighted by atomic mass is 16.6. The van der Waals surface area contributed by atoms with Crippen LogP contribution in [0.4, 0.5) is 16.3 Å². The van der Waals surface area contributed by atoms with Crippen LogP contribution in [-0.2, 0) is 16.0 Å². The number of aryl methyl sites for hydroxylation is 1. The maximum absolute atomic E-state index is 13.1. The highest BCUT2D eigenvalue weighted by molar-refractivity contribution is 6.10. The molecule has 208 valence electrons. The number of carbonyl (C=O) groups excluding carboxylic acids is 4. The van der Waals surface area contributed by atoms with Crippen molar-refractivity contribution in [3.63, 3.8) is 0 Å². The largest absolute Gasteiger partial charge is 0.444 e. The standard InChI is InChI=1S/C29H32N6O5/c1-17-9-11-18(12-10-17)25-33-23(24(30)37)21-16-22(36)35(26(21)34-25)20-8-5-7-19(15-20)27(38)31-13-6-14-32-28(39)40-29(2,3)4/h5,7-12,15H,6,13-14,16H2,1-4H3,(H2,30,37)(H,31,38)(H,32,39). The molecule has 1 aromatic heterocycles. The number of alkyl carbamates (subject to hydrolysis) is 1. The number of primary amides is 1. The number of nitrogens with zero attached hydrogens (tertiary/aromatic N) is 3. The van der Waals surface area contributed by atoms with Gasteiger partial charge in [-0.25, -0.2) is 14.8 Å². The summed E-state index contributed by atoms with van der Waals surface area (Å²) in [7, 11) is 0. The molecule has 4 rings (SSSR count). The van der Waals surface area contributed by atoms with E-state index in [-0.39, 0.29) is 35.6 Å². The van der Waals surface area contributed by atoms with Crippen LogP contribution >= 0.6 is 0 Å². The van der Waals surface area contributed by atoms with Gasteiger partial charge in [0, 0.05) is 29.8 Å². The summed E-state index contributed by atoms with van der Waals surface area (Å²) >= 11 is 0. The number of nitrogens with two attached hydrogens (primary N) is 1. The molecule has 2 aromatic carbocycles. The Morgan fingerprint density at radius 2 is 1.73 bits per heavy atom. The van der Waals surface area contributed by atoms with Gasteiger partial charge in [0.15, 0.2) is 5.82 Å². The number of rotatable bonds is 8. The molecule has 0 fully saturated rings. The fraction of sp³-hybridized carbons (Fsp3) is 0.310. The first-order valence-electron chi connectivity index (χ1n) is 12.9. The molecule has 0 atom stereocenters. The SMILES string of the molecule is Cc1ccc(-c2nc(C(N)=O)c3c(n2)N(c2cccc(C(=O)NCCCNC(=O)OC(C)(C)C)c2)C(=O)C3)cc1. The smallest absolute Gasteiger partial charge is 0.407 e. The Hall–Kier alpha value is -4.80. The van der Waals surface area contributed by atoms with Crippen LogP contribution in [0, 0.1) is 6.92 Å². The molecule has 0 saturated carbocycles. The fourth-order valence-corrected chi connectivity index (χ4v) is 4.15. The van der Waals surface area contributed by atoms with E-state index in [2.05, 4.69) is 20.6 Å². The maximum atomic E-state index is 13.1. The first kappa shape index (κ1) is 28.2. The summed E-state index contributed by atoms with van der Waals surface area (Å²) in [5, 5.41) is 5.45. The van der Waals surface area contributed by atoms with Gasteiger partial charge in [-0.15, -0.1) is 0 Å². The van der Waals surface area contributed by atoms with E-state index in [0.717, 1.165) is 5.56 Å². The summed E-state index contributed by atoms with van der Waals surface area (Å²) in [5.74, 6) is -0.891. The Labute approximate surface area is 232 Å². The first-order valence-corrected chi connectivity index (χ1v) is 12.9. The third kappa shape index (κ3) is 6.60. The lowest BCUT2D eigenvalue weighted by Gasteiger charge is -2.19. The molecule has 0 spiro atoms. The molecule has 4 amide bonds. The Bertz CT molecular complexity index is 1460. The first-order chi connectivity index (χ1) is 18.9. The molecule has 0 saturated heterocycles. The summed E-state index contributed by atoms with van der Waals surface area (Å²) in [4.78, 5) is 60.3. The Balaban J connectivity index is 1.51. The van der Waals surface area contributed by atoms with Crippen molar-refractivity contribution in [1.29, 1.82) is 0 Å². The second kappa shape index (κ2) is 11.5. The molecule has 0 aliphatic carbocycles. The van der Waals surface area contributed by atoms with Crippen LogP contribution in [0.5, 0.6) is 0 Å². The summed E-state index contributed by atoms with van der Waals surface area (Å²) < 4.78 is 5.18. The predicted molar refractivity (Wildman–Crippen MR) is 149 cm³/mol. The van der Waals surface area contributed by atoms with E-state index in [1.807, 2.05) is 31.2 Å². The Morgan fingerprint density at radius 3 is 2.40 bits per heavy atom. The van der Waals surface area contributed by atoms with Crippen molar-refractivity contribution in [2.24, 2.45) is 5.73 Å². The number of aromatic nitrogens is 2. The highest BCUT2D eigenvalue weighted by Crippen LogP contribution is 2.37. The highest BCUT2D eigenvalue weighted by Gasteiger charge is 2.35. The molecule has 0 radical (unpaired) electrons. The van der Waals surface area contributed by atoms with E-state index in [1.165, 1.54) is 4.90 Å². The molecule has 4 N–H and O–H groups in total. The number of nitrogens with one attached hydrogen (secondary N) is 2. The van der Waals surface area contributed by atoms with Crippen LogP contribution in [0.1, 0.15) is 59.2 Å². The molecule has 40 heavy (non-hydrogen) atoms. The van der Waals surface area contributed by atoms with Gasteiger partial charge in [-0.2, -0.15) is 0 Å². The Kier molecular flexibility index (Phi) is 8.13. The van der Waals surface area contributed by atoms with Crippen LogP contribution in [-0.4, -0.2) is 52.5 Å². The molecule has 1 aliphatic rings. The van der Waals surface area contributed by atoms with Crippen molar-refractivity contribution in [1.82, 2.24) is 20.6 Å². The van der Waals surface area contributed by atoms with Crippen molar-refractivity contribution in [3.05, 3.63) is 70.9 Å². The zero-order valence-electron chi connectivity index (χ0n) is 22.9. The molecule has 11 nitrogen and oxygen atoms in total. The summed E-state index contributed by atoms with van der Waals surface area (Å²) in [6.07, 6.45) is -0.115. The molecule has 0 bridgehead atoms. The second-order valence-electron chi connectivity index (χ2n) is 10.4. The third-order valence-electron chi connectivity index (χ3n) is 5.99. The number of carbonyl (C=O) groups is 4. The minimum atomic E-state index is -0.754. The van der Waals surface area contributed by atoms with Gasteiger partial charge in [0.1, 0.15) is 17.1 Å². The molecule has 11 heteroatoms. The van der Waals surface area contributed by atoms with Crippen molar-refractivity contribution < 1.29 is 23.9 Å². The second-order valence-corrected chi connectivity index (χ2v) is 10.4. The lowest BCUT2D eigenvalue weighted by molar-refractivity contribution is -0.116. The normalized spacial score (nSPS) is 12.6. The van der Waals surface area contributed by atoms with Crippen LogP contribution < -0.4 is 21.3 Å². The lowest BCUT2D eigenvalue weighted by atomic mass is 10.1. The van der Waals surface area contributed by atoms with Gasteiger partial charge in [0.05, 0.1) is 12.1 Å². The van der Waals surface area contributed by atoms with Crippen molar-refractivity contribution in [2.75, 3.05) is 18.0 Å². The zero-order valence-corrected chi connectivity index (χ0v) is 22.9. The van der Waals surface area contributed by atoms with Gasteiger partial charge >= 0.3 is 6.09 Å². The fourth-order valence-electron chi connectivity index (χ4n) is 4.15. The number of hydrogen-bond donors (Lipinski definition) is 3. The minimum absolute atomic E-state index is 0.00897. The summed E-state index contributed by atoms with van der Waals surface area (Å²) in [5.41, 5.74) is 7.85. The molecular formula is C29H32N6O5. The number of ether oxygens (including phenoxy) is 1. The number of amides is 4. The third-order valence-corrected chi connectivity index (χ3v) is 5.99. The van der Waals surface area contributed by atoms with Gasteiger partial charge in [0.25, 0.3) is 11.8 Å². The van der Waals surface area contributed by atoms with Gasteiger partial charge in [0.2, 0.25) is 5.91 Å². The van der Waals surface area contributed by atoms with E-state index < -0.39 is 17.6 Å². The number of hydrogen-bond acceptors (Lipinski definition) is 7. The van der Waals surface area contributed by atoms with E-state index in [9.17, 15) is 19.2 Å². The van der Waals surface area contributed by atoms with Gasteiger partial charge in [-0.1, -0.05) is 35.9 Å². The number of anilines is 2. The molecular weight excluding hydrogens is 512 g/mol. The van der Waals surface area contributed by atoms with Gasteiger partial charge < -0.3 is 21.1 Å². The summed E-state index contributed by atoms with van der Waals surface area (Å²) in [6, 6.07) is 14.0. The van der Waals surface area contributed by atoms with Gasteiger partial charge in [-0.05, 0) is 52.3 Å². The van der Waals surface area contributed by atoms with E-state index in [0.29, 0.717) is 41.9 Å². The van der Waals surface area contributed by atoms with Crippen LogP contribution in [0.2, 0.25) is 0 Å². The van der Waals surface area contributed by atoms with Crippen LogP contribution in [0.25, 0.3) is 11.4 Å². The van der Waals surface area contributed by atoms with Crippen molar-refractivity contribution >= 4 is 35.3 Å². The van der Waals surface area contributed by atoms with Gasteiger partial charge in [-0.3, -0.25) is 19.3 Å². The van der Waals surface area contributed by atoms with E-state index in [1.54, 1.807) is 45.0 Å². The van der Waals surface area contributed by atoms with Crippen LogP contribution in [0.15, 0.2) is 48.5 Å². The summed E-state index contributed by atoms with van der Waals surface area (Å²) in [6.45, 7) is 7.94. The average Bonchev–Trinajstić information content (AvgIpc) is 3.22. The minimum Gasteiger partial charge on any atom is -0.444 e. The van der Waals surface area contributed by atoms with Crippen LogP contribution in [0.3, 0.4) is 0 Å². The quantitative estimate of drug-likeness (QED) is 0.367. The average molecular weight is 545 g/mol. The van der Waals surface area contributed by atoms with Crippen molar-refractivity contribution in [3.8, 4) is 11.4 Å². The molecule has 3 aromatic rings. The number of fused-ring (bicyclic) bond motifs is 1. The Morgan fingerprint density at radius 1 is 1.02 bits per heavy atom. The van der Waals surface area contributed by atoms with E-state index >= 15 is 0 Å². The monoisotopic (exact) mass is 544 g/mol. The maximum Gasteiger partial charge on any atom is 0.407 e. The predicted octanol–water partition coefficient (Wildman–Crippen LogP) is 3.42. The number of benzene rings is 2. The van der Waals surface area contributed by atoms with Crippen molar-refractivity contribution in [2.45, 2.75) is 46.1 Å². The topological polar surface area (TPSA) is 157 Å². The molecule has 1 aliphatic heterocycles. The van der Waals surface area contributed by atoms with E-state index in [4.69, 9.17) is 10.5 Å². The molecule has 2 heterocycles. The zero-order chi connectivity index (χ0) is 29.0. The molecule has 0 unspecified atom stereocenters. The lowest BCUT2D eigenvalue weighted by Crippen LogP contribution is -2.34.